The van der Waals surface area contributed by atoms with Crippen LogP contribution in [0, 0.1) is 0 Å². The van der Waals surface area contributed by atoms with Gasteiger partial charge in [0.1, 0.15) is 0 Å². The largest absolute Gasteiger partial charge is 0.324 e. The van der Waals surface area contributed by atoms with Crippen molar-refractivity contribution in [3.8, 4) is 0 Å². The van der Waals surface area contributed by atoms with Gasteiger partial charge in [0.05, 0.1) is 6.54 Å². The summed E-state index contributed by atoms with van der Waals surface area (Å²) in [6, 6.07) is 1.82. The third kappa shape index (κ3) is 1.24. The van der Waals surface area contributed by atoms with Crippen molar-refractivity contribution in [1.29, 1.82) is 0 Å². The highest BCUT2D eigenvalue weighted by atomic mass is 35.5. The number of halogens is 1. The second kappa shape index (κ2) is 3.46. The Hall–Kier alpha value is -1.20. The molecule has 2 heterocycles. The molecular formula is C6H8ClN5. The predicted molar refractivity (Wildman–Crippen MR) is 45.9 cm³/mol. The maximum absolute atomic E-state index is 5.41. The SMILES string of the molecule is Cl.NCc1nnc2ncccn12. The van der Waals surface area contributed by atoms with Gasteiger partial charge in [-0.1, -0.05) is 0 Å². The van der Waals surface area contributed by atoms with Crippen LogP contribution in [0.5, 0.6) is 0 Å². The Morgan fingerprint density at radius 1 is 1.42 bits per heavy atom. The molecule has 0 aliphatic carbocycles. The van der Waals surface area contributed by atoms with Crippen molar-refractivity contribution in [3.05, 3.63) is 24.3 Å². The molecule has 0 bridgehead atoms. The van der Waals surface area contributed by atoms with Crippen molar-refractivity contribution in [2.24, 2.45) is 5.73 Å². The van der Waals surface area contributed by atoms with Gasteiger partial charge in [-0.15, -0.1) is 22.6 Å². The first-order valence-electron chi connectivity index (χ1n) is 3.26. The van der Waals surface area contributed by atoms with E-state index >= 15 is 0 Å². The molecule has 0 spiro atoms. The van der Waals surface area contributed by atoms with Crippen molar-refractivity contribution < 1.29 is 0 Å². The molecule has 6 heteroatoms. The van der Waals surface area contributed by atoms with E-state index in [1.165, 1.54) is 0 Å². The minimum atomic E-state index is 0. The number of rotatable bonds is 1. The highest BCUT2D eigenvalue weighted by Gasteiger charge is 2.00. The minimum Gasteiger partial charge on any atom is -0.324 e. The molecule has 0 atom stereocenters. The molecule has 0 unspecified atom stereocenters. The molecule has 0 radical (unpaired) electrons. The number of aromatic nitrogens is 4. The van der Waals surface area contributed by atoms with Crippen molar-refractivity contribution in [2.45, 2.75) is 6.54 Å². The number of nitrogens with two attached hydrogens (primary N) is 1. The lowest BCUT2D eigenvalue weighted by molar-refractivity contribution is 0.881. The fourth-order valence-corrected chi connectivity index (χ4v) is 0.928. The summed E-state index contributed by atoms with van der Waals surface area (Å²) in [5.41, 5.74) is 5.41. The molecule has 2 aromatic heterocycles. The Labute approximate surface area is 75.0 Å². The summed E-state index contributed by atoms with van der Waals surface area (Å²) < 4.78 is 1.76. The number of hydrogen-bond donors (Lipinski definition) is 1. The van der Waals surface area contributed by atoms with Crippen LogP contribution in [-0.4, -0.2) is 19.6 Å². The maximum atomic E-state index is 5.41. The number of hydrogen-bond acceptors (Lipinski definition) is 4. The summed E-state index contributed by atoms with van der Waals surface area (Å²) >= 11 is 0. The van der Waals surface area contributed by atoms with Gasteiger partial charge in [-0.3, -0.25) is 4.40 Å². The monoisotopic (exact) mass is 185 g/mol. The van der Waals surface area contributed by atoms with Crippen LogP contribution < -0.4 is 5.73 Å². The van der Waals surface area contributed by atoms with E-state index in [0.717, 1.165) is 5.82 Å². The highest BCUT2D eigenvalue weighted by molar-refractivity contribution is 5.85. The van der Waals surface area contributed by atoms with Crippen LogP contribution in [0.1, 0.15) is 5.82 Å². The van der Waals surface area contributed by atoms with Gasteiger partial charge in [-0.05, 0) is 6.07 Å². The van der Waals surface area contributed by atoms with Gasteiger partial charge in [0.2, 0.25) is 0 Å². The summed E-state index contributed by atoms with van der Waals surface area (Å²) in [6.07, 6.45) is 3.51. The Balaban J connectivity index is 0.000000720. The second-order valence-corrected chi connectivity index (χ2v) is 2.11. The van der Waals surface area contributed by atoms with Crippen LogP contribution in [0.25, 0.3) is 5.78 Å². The van der Waals surface area contributed by atoms with Crippen molar-refractivity contribution in [3.63, 3.8) is 0 Å². The van der Waals surface area contributed by atoms with Gasteiger partial charge in [0.15, 0.2) is 5.82 Å². The lowest BCUT2D eigenvalue weighted by Gasteiger charge is -1.91. The average Bonchev–Trinajstić information content (AvgIpc) is 2.47. The molecule has 2 rings (SSSR count). The fraction of sp³-hybridized carbons (Fsp3) is 0.167. The van der Waals surface area contributed by atoms with Gasteiger partial charge in [0.25, 0.3) is 5.78 Å². The van der Waals surface area contributed by atoms with E-state index in [2.05, 4.69) is 15.2 Å². The normalized spacial score (nSPS) is 9.75. The summed E-state index contributed by atoms with van der Waals surface area (Å²) in [5.74, 6) is 1.32. The van der Waals surface area contributed by atoms with E-state index in [1.807, 2.05) is 12.3 Å². The molecule has 0 saturated heterocycles. The van der Waals surface area contributed by atoms with Crippen LogP contribution in [0.15, 0.2) is 18.5 Å². The minimum absolute atomic E-state index is 0. The van der Waals surface area contributed by atoms with E-state index in [0.29, 0.717) is 12.3 Å². The first-order chi connectivity index (χ1) is 5.42. The molecule has 0 aromatic carbocycles. The Bertz CT molecular complexity index is 371. The van der Waals surface area contributed by atoms with Crippen LogP contribution in [0.2, 0.25) is 0 Å². The molecular weight excluding hydrogens is 178 g/mol. The summed E-state index contributed by atoms with van der Waals surface area (Å²) in [7, 11) is 0. The molecule has 64 valence electrons. The third-order valence-electron chi connectivity index (χ3n) is 1.44. The van der Waals surface area contributed by atoms with Crippen molar-refractivity contribution >= 4 is 18.2 Å². The van der Waals surface area contributed by atoms with Crippen molar-refractivity contribution in [1.82, 2.24) is 19.6 Å². The lowest BCUT2D eigenvalue weighted by Crippen LogP contribution is -2.02. The van der Waals surface area contributed by atoms with Gasteiger partial charge in [-0.25, -0.2) is 4.98 Å². The van der Waals surface area contributed by atoms with Crippen LogP contribution in [-0.2, 0) is 6.54 Å². The molecule has 0 amide bonds. The predicted octanol–water partition coefficient (Wildman–Crippen LogP) is 0.00480. The smallest absolute Gasteiger partial charge is 0.254 e. The molecule has 2 N–H and O–H groups in total. The van der Waals surface area contributed by atoms with Crippen molar-refractivity contribution in [2.75, 3.05) is 0 Å². The first-order valence-corrected chi connectivity index (χ1v) is 3.26. The van der Waals surface area contributed by atoms with Crippen LogP contribution in [0.4, 0.5) is 0 Å². The molecule has 2 aromatic rings. The topological polar surface area (TPSA) is 69.1 Å². The lowest BCUT2D eigenvalue weighted by atomic mass is 10.6. The maximum Gasteiger partial charge on any atom is 0.254 e. The van der Waals surface area contributed by atoms with E-state index in [4.69, 9.17) is 5.73 Å². The first kappa shape index (κ1) is 8.89. The summed E-state index contributed by atoms with van der Waals surface area (Å²) in [6.45, 7) is 0.382. The Morgan fingerprint density at radius 2 is 2.25 bits per heavy atom. The molecule has 0 aliphatic heterocycles. The fourth-order valence-electron chi connectivity index (χ4n) is 0.928. The van der Waals surface area contributed by atoms with Gasteiger partial charge in [0, 0.05) is 12.4 Å². The van der Waals surface area contributed by atoms with Crippen LogP contribution >= 0.6 is 12.4 Å². The van der Waals surface area contributed by atoms with E-state index in [1.54, 1.807) is 10.6 Å². The zero-order valence-corrected chi connectivity index (χ0v) is 7.03. The zero-order chi connectivity index (χ0) is 7.68. The second-order valence-electron chi connectivity index (χ2n) is 2.11. The molecule has 12 heavy (non-hydrogen) atoms. The van der Waals surface area contributed by atoms with E-state index < -0.39 is 0 Å². The van der Waals surface area contributed by atoms with E-state index in [9.17, 15) is 0 Å². The molecule has 0 saturated carbocycles. The molecule has 0 fully saturated rings. The number of nitrogens with zero attached hydrogens (tertiary/aromatic N) is 4. The number of fused-ring (bicyclic) bond motifs is 1. The summed E-state index contributed by atoms with van der Waals surface area (Å²) in [4.78, 5) is 3.98. The Kier molecular flexibility index (Phi) is 2.57. The third-order valence-corrected chi connectivity index (χ3v) is 1.44. The quantitative estimate of drug-likeness (QED) is 0.680. The molecule has 0 aliphatic rings. The molecule has 5 nitrogen and oxygen atoms in total. The van der Waals surface area contributed by atoms with Gasteiger partial charge >= 0.3 is 0 Å². The zero-order valence-electron chi connectivity index (χ0n) is 6.21. The van der Waals surface area contributed by atoms with Gasteiger partial charge < -0.3 is 5.73 Å². The Morgan fingerprint density at radius 3 is 3.00 bits per heavy atom. The van der Waals surface area contributed by atoms with Crippen LogP contribution in [0.3, 0.4) is 0 Å². The highest BCUT2D eigenvalue weighted by Crippen LogP contribution is 1.97. The van der Waals surface area contributed by atoms with E-state index in [-0.39, 0.29) is 12.4 Å². The average molecular weight is 186 g/mol. The van der Waals surface area contributed by atoms with Gasteiger partial charge in [-0.2, -0.15) is 0 Å². The standard InChI is InChI=1S/C6H7N5.ClH/c7-4-5-9-10-6-8-2-1-3-11(5)6;/h1-3H,4,7H2;1H. The summed E-state index contributed by atoms with van der Waals surface area (Å²) in [5, 5.41) is 7.65.